The highest BCUT2D eigenvalue weighted by Gasteiger charge is 2.11. The Kier molecular flexibility index (Phi) is 9.42. The van der Waals surface area contributed by atoms with E-state index in [0.717, 1.165) is 32.0 Å². The van der Waals surface area contributed by atoms with Crippen LogP contribution in [0.15, 0.2) is 29.3 Å². The second-order valence-electron chi connectivity index (χ2n) is 4.80. The van der Waals surface area contributed by atoms with Crippen molar-refractivity contribution in [3.05, 3.63) is 29.3 Å². The summed E-state index contributed by atoms with van der Waals surface area (Å²) >= 11 is 6.12. The maximum Gasteiger partial charge on any atom is 0.191 e. The zero-order valence-corrected chi connectivity index (χ0v) is 14.3. The molecular weight excluding hydrogens is 302 g/mol. The van der Waals surface area contributed by atoms with Crippen molar-refractivity contribution >= 4 is 17.6 Å². The molecular formula is C16H26ClN3O2. The maximum absolute atomic E-state index is 6.12. The van der Waals surface area contributed by atoms with E-state index in [2.05, 4.69) is 22.5 Å². The Labute approximate surface area is 138 Å². The summed E-state index contributed by atoms with van der Waals surface area (Å²) in [6.07, 6.45) is 1.83. The van der Waals surface area contributed by atoms with Crippen molar-refractivity contribution in [1.82, 2.24) is 10.6 Å². The number of hydrogen-bond acceptors (Lipinski definition) is 3. The smallest absolute Gasteiger partial charge is 0.191 e. The van der Waals surface area contributed by atoms with Crippen LogP contribution in [0.2, 0.25) is 5.02 Å². The van der Waals surface area contributed by atoms with Gasteiger partial charge in [-0.05, 0) is 25.0 Å². The van der Waals surface area contributed by atoms with E-state index in [1.807, 2.05) is 24.3 Å². The molecule has 0 fully saturated rings. The second kappa shape index (κ2) is 11.2. The molecule has 0 saturated carbocycles. The van der Waals surface area contributed by atoms with Gasteiger partial charge in [-0.25, -0.2) is 0 Å². The Balaban J connectivity index is 2.40. The molecule has 1 aromatic carbocycles. The Morgan fingerprint density at radius 3 is 2.73 bits per heavy atom. The number of nitrogens with one attached hydrogen (secondary N) is 2. The fourth-order valence-electron chi connectivity index (χ4n) is 1.84. The minimum atomic E-state index is 0.0254. The van der Waals surface area contributed by atoms with E-state index in [1.165, 1.54) is 0 Å². The summed E-state index contributed by atoms with van der Waals surface area (Å²) in [5.74, 6) is 1.47. The van der Waals surface area contributed by atoms with Gasteiger partial charge in [0.25, 0.3) is 0 Å². The van der Waals surface area contributed by atoms with Gasteiger partial charge in [0.1, 0.15) is 11.9 Å². The molecule has 6 heteroatoms. The van der Waals surface area contributed by atoms with Gasteiger partial charge in [0, 0.05) is 27.3 Å². The molecule has 0 spiro atoms. The second-order valence-corrected chi connectivity index (χ2v) is 5.21. The van der Waals surface area contributed by atoms with E-state index in [9.17, 15) is 0 Å². The summed E-state index contributed by atoms with van der Waals surface area (Å²) in [7, 11) is 3.45. The first-order valence-electron chi connectivity index (χ1n) is 7.55. The lowest BCUT2D eigenvalue weighted by molar-refractivity contribution is 0.194. The molecule has 0 amide bonds. The third-order valence-corrected chi connectivity index (χ3v) is 3.44. The SMILES string of the molecule is CCC(CNC(=NC)NCCCOC)Oc1ccccc1Cl. The number of ether oxygens (including phenoxy) is 2. The van der Waals surface area contributed by atoms with Crippen LogP contribution in [0.25, 0.3) is 0 Å². The van der Waals surface area contributed by atoms with Gasteiger partial charge < -0.3 is 20.1 Å². The summed E-state index contributed by atoms with van der Waals surface area (Å²) in [5.41, 5.74) is 0. The van der Waals surface area contributed by atoms with Crippen LogP contribution in [-0.4, -0.2) is 45.9 Å². The van der Waals surface area contributed by atoms with E-state index in [-0.39, 0.29) is 6.10 Å². The summed E-state index contributed by atoms with van der Waals surface area (Å²) in [6.45, 7) is 4.29. The largest absolute Gasteiger partial charge is 0.487 e. The molecule has 0 aliphatic carbocycles. The minimum Gasteiger partial charge on any atom is -0.487 e. The first-order valence-corrected chi connectivity index (χ1v) is 7.93. The maximum atomic E-state index is 6.12. The Hall–Kier alpha value is -1.46. The number of guanidine groups is 1. The van der Waals surface area contributed by atoms with Crippen molar-refractivity contribution < 1.29 is 9.47 Å². The van der Waals surface area contributed by atoms with E-state index >= 15 is 0 Å². The molecule has 0 aromatic heterocycles. The molecule has 124 valence electrons. The Morgan fingerprint density at radius 2 is 2.09 bits per heavy atom. The molecule has 0 radical (unpaired) electrons. The van der Waals surface area contributed by atoms with Gasteiger partial charge >= 0.3 is 0 Å². The van der Waals surface area contributed by atoms with Crippen LogP contribution >= 0.6 is 11.6 Å². The quantitative estimate of drug-likeness (QED) is 0.416. The molecule has 2 N–H and O–H groups in total. The van der Waals surface area contributed by atoms with Crippen LogP contribution < -0.4 is 15.4 Å². The van der Waals surface area contributed by atoms with Crippen LogP contribution in [0.1, 0.15) is 19.8 Å². The normalized spacial score (nSPS) is 12.8. The van der Waals surface area contributed by atoms with Crippen LogP contribution in [0.3, 0.4) is 0 Å². The van der Waals surface area contributed by atoms with Crippen LogP contribution in [0.5, 0.6) is 5.75 Å². The third-order valence-electron chi connectivity index (χ3n) is 3.12. The first-order chi connectivity index (χ1) is 10.7. The molecule has 5 nitrogen and oxygen atoms in total. The molecule has 0 aliphatic rings. The highest BCUT2D eigenvalue weighted by atomic mass is 35.5. The number of halogens is 1. The van der Waals surface area contributed by atoms with E-state index in [1.54, 1.807) is 14.2 Å². The van der Waals surface area contributed by atoms with Gasteiger partial charge in [-0.2, -0.15) is 0 Å². The Morgan fingerprint density at radius 1 is 1.32 bits per heavy atom. The zero-order chi connectivity index (χ0) is 16.2. The highest BCUT2D eigenvalue weighted by molar-refractivity contribution is 6.32. The van der Waals surface area contributed by atoms with Crippen molar-refractivity contribution in [1.29, 1.82) is 0 Å². The average Bonchev–Trinajstić information content (AvgIpc) is 2.54. The lowest BCUT2D eigenvalue weighted by Gasteiger charge is -2.20. The molecule has 0 bridgehead atoms. The molecule has 1 unspecified atom stereocenters. The fourth-order valence-corrected chi connectivity index (χ4v) is 2.02. The number of aliphatic imine (C=N–C) groups is 1. The van der Waals surface area contributed by atoms with Gasteiger partial charge in [0.15, 0.2) is 5.96 Å². The third kappa shape index (κ3) is 7.00. The van der Waals surface area contributed by atoms with Gasteiger partial charge in [-0.1, -0.05) is 30.7 Å². The molecule has 1 aromatic rings. The molecule has 0 heterocycles. The van der Waals surface area contributed by atoms with Crippen molar-refractivity contribution in [3.8, 4) is 5.75 Å². The number of para-hydroxylation sites is 1. The number of rotatable bonds is 9. The summed E-state index contributed by atoms with van der Waals surface area (Å²) in [6, 6.07) is 7.51. The molecule has 0 aliphatic heterocycles. The predicted molar refractivity (Wildman–Crippen MR) is 92.0 cm³/mol. The molecule has 1 rings (SSSR count). The van der Waals surface area contributed by atoms with Gasteiger partial charge in [-0.3, -0.25) is 4.99 Å². The number of nitrogens with zero attached hydrogens (tertiary/aromatic N) is 1. The molecule has 0 saturated heterocycles. The lowest BCUT2D eigenvalue weighted by atomic mass is 10.2. The van der Waals surface area contributed by atoms with E-state index in [4.69, 9.17) is 21.1 Å². The zero-order valence-electron chi connectivity index (χ0n) is 13.6. The monoisotopic (exact) mass is 327 g/mol. The first kappa shape index (κ1) is 18.6. The van der Waals surface area contributed by atoms with Crippen LogP contribution in [0, 0.1) is 0 Å². The summed E-state index contributed by atoms with van der Waals surface area (Å²) in [4.78, 5) is 4.19. The number of benzene rings is 1. The topological polar surface area (TPSA) is 54.9 Å². The average molecular weight is 328 g/mol. The fraction of sp³-hybridized carbons (Fsp3) is 0.562. The van der Waals surface area contributed by atoms with Gasteiger partial charge in [0.05, 0.1) is 11.6 Å². The van der Waals surface area contributed by atoms with Crippen molar-refractivity contribution in [2.75, 3.05) is 33.9 Å². The van der Waals surface area contributed by atoms with Crippen molar-refractivity contribution in [3.63, 3.8) is 0 Å². The van der Waals surface area contributed by atoms with Crippen LogP contribution in [0.4, 0.5) is 0 Å². The standard InChI is InChI=1S/C16H26ClN3O2/c1-4-13(22-15-9-6-5-8-14(15)17)12-20-16(18-2)19-10-7-11-21-3/h5-6,8-9,13H,4,7,10-12H2,1-3H3,(H2,18,19,20). The number of methoxy groups -OCH3 is 1. The van der Waals surface area contributed by atoms with Crippen molar-refractivity contribution in [2.45, 2.75) is 25.9 Å². The molecule has 1 atom stereocenters. The number of hydrogen-bond donors (Lipinski definition) is 2. The van der Waals surface area contributed by atoms with Crippen LogP contribution in [-0.2, 0) is 4.74 Å². The van der Waals surface area contributed by atoms with E-state index in [0.29, 0.717) is 17.3 Å². The van der Waals surface area contributed by atoms with Gasteiger partial charge in [-0.15, -0.1) is 0 Å². The van der Waals surface area contributed by atoms with Crippen molar-refractivity contribution in [2.24, 2.45) is 4.99 Å². The van der Waals surface area contributed by atoms with Gasteiger partial charge in [0.2, 0.25) is 0 Å². The summed E-state index contributed by atoms with van der Waals surface area (Å²) in [5, 5.41) is 7.13. The molecule has 22 heavy (non-hydrogen) atoms. The Bertz CT molecular complexity index is 455. The minimum absolute atomic E-state index is 0.0254. The van der Waals surface area contributed by atoms with E-state index < -0.39 is 0 Å². The predicted octanol–water partition coefficient (Wildman–Crippen LogP) is 2.70. The highest BCUT2D eigenvalue weighted by Crippen LogP contribution is 2.24. The lowest BCUT2D eigenvalue weighted by Crippen LogP contribution is -2.42. The summed E-state index contributed by atoms with van der Waals surface area (Å²) < 4.78 is 11.0.